The zero-order valence-corrected chi connectivity index (χ0v) is 9.87. The van der Waals surface area contributed by atoms with Gasteiger partial charge in [-0.15, -0.1) is 0 Å². The summed E-state index contributed by atoms with van der Waals surface area (Å²) in [4.78, 5) is 13.4. The number of hydrogen-bond acceptors (Lipinski definition) is 3. The molecule has 0 aliphatic carbocycles. The van der Waals surface area contributed by atoms with Gasteiger partial charge in [0.1, 0.15) is 11.6 Å². The van der Waals surface area contributed by atoms with E-state index in [9.17, 15) is 14.3 Å². The lowest BCUT2D eigenvalue weighted by Crippen LogP contribution is -2.18. The fourth-order valence-electron chi connectivity index (χ4n) is 2.23. The molecule has 0 unspecified atom stereocenters. The monoisotopic (exact) mass is 237 g/mol. The Morgan fingerprint density at radius 3 is 2.65 bits per heavy atom. The molecule has 1 aliphatic rings. The number of benzene rings is 1. The number of phenolic OH excluding ortho intramolecular Hbond substituents is 1. The van der Waals surface area contributed by atoms with Crippen molar-refractivity contribution >= 4 is 5.78 Å². The summed E-state index contributed by atoms with van der Waals surface area (Å²) in [6.07, 6.45) is 2.27. The van der Waals surface area contributed by atoms with E-state index in [1.165, 1.54) is 13.0 Å². The van der Waals surface area contributed by atoms with Crippen LogP contribution in [0.2, 0.25) is 0 Å². The van der Waals surface area contributed by atoms with Gasteiger partial charge in [0.2, 0.25) is 0 Å². The van der Waals surface area contributed by atoms with Crippen LogP contribution >= 0.6 is 0 Å². The number of hydrogen-bond donors (Lipinski definition) is 1. The number of halogens is 1. The van der Waals surface area contributed by atoms with Crippen LogP contribution in [0, 0.1) is 5.82 Å². The lowest BCUT2D eigenvalue weighted by Gasteiger charge is -2.16. The number of carbonyl (C=O) groups excluding carboxylic acids is 1. The average Bonchev–Trinajstić information content (AvgIpc) is 2.75. The van der Waals surface area contributed by atoms with Crippen molar-refractivity contribution in [3.8, 4) is 5.75 Å². The largest absolute Gasteiger partial charge is 0.507 e. The highest BCUT2D eigenvalue weighted by Gasteiger charge is 2.18. The number of nitrogens with zero attached hydrogens (tertiary/aromatic N) is 1. The molecule has 92 valence electrons. The molecule has 1 aromatic carbocycles. The minimum Gasteiger partial charge on any atom is -0.507 e. The van der Waals surface area contributed by atoms with Crippen LogP contribution in [-0.2, 0) is 6.54 Å². The van der Waals surface area contributed by atoms with Gasteiger partial charge in [0, 0.05) is 12.1 Å². The number of Topliss-reactive ketones (excluding diaryl/α,β-unsaturated/α-hetero) is 1. The lowest BCUT2D eigenvalue weighted by atomic mass is 10.1. The van der Waals surface area contributed by atoms with Crippen molar-refractivity contribution in [2.45, 2.75) is 26.3 Å². The van der Waals surface area contributed by atoms with Gasteiger partial charge in [0.05, 0.1) is 5.56 Å². The fourth-order valence-corrected chi connectivity index (χ4v) is 2.23. The van der Waals surface area contributed by atoms with Gasteiger partial charge in [-0.05, 0) is 45.0 Å². The van der Waals surface area contributed by atoms with Gasteiger partial charge in [-0.2, -0.15) is 0 Å². The first-order chi connectivity index (χ1) is 8.08. The Labute approximate surface area is 99.9 Å². The van der Waals surface area contributed by atoms with Crippen molar-refractivity contribution in [3.63, 3.8) is 0 Å². The average molecular weight is 237 g/mol. The maximum absolute atomic E-state index is 13.4. The maximum Gasteiger partial charge on any atom is 0.163 e. The van der Waals surface area contributed by atoms with E-state index in [1.54, 1.807) is 0 Å². The molecule has 1 heterocycles. The quantitative estimate of drug-likeness (QED) is 0.820. The van der Waals surface area contributed by atoms with E-state index in [1.807, 2.05) is 0 Å². The second kappa shape index (κ2) is 4.84. The molecular weight excluding hydrogens is 221 g/mol. The molecule has 0 radical (unpaired) electrons. The zero-order valence-electron chi connectivity index (χ0n) is 9.87. The first-order valence-electron chi connectivity index (χ1n) is 5.82. The van der Waals surface area contributed by atoms with E-state index in [-0.39, 0.29) is 17.1 Å². The Morgan fingerprint density at radius 1 is 1.41 bits per heavy atom. The SMILES string of the molecule is CC(=O)c1cc(F)cc(CN2CCCC2)c1O. The highest BCUT2D eigenvalue weighted by Crippen LogP contribution is 2.27. The first-order valence-corrected chi connectivity index (χ1v) is 5.82. The maximum atomic E-state index is 13.4. The Hall–Kier alpha value is -1.42. The molecule has 0 aromatic heterocycles. The molecule has 0 bridgehead atoms. The van der Waals surface area contributed by atoms with Crippen molar-refractivity contribution in [2.75, 3.05) is 13.1 Å². The molecule has 0 spiro atoms. The van der Waals surface area contributed by atoms with E-state index in [4.69, 9.17) is 0 Å². The zero-order chi connectivity index (χ0) is 12.4. The summed E-state index contributed by atoms with van der Waals surface area (Å²) in [5.41, 5.74) is 0.566. The van der Waals surface area contributed by atoms with Crippen molar-refractivity contribution in [1.82, 2.24) is 4.90 Å². The lowest BCUT2D eigenvalue weighted by molar-refractivity contribution is 0.101. The number of likely N-dealkylation sites (tertiary alicyclic amines) is 1. The van der Waals surface area contributed by atoms with Gasteiger partial charge in [0.15, 0.2) is 5.78 Å². The van der Waals surface area contributed by atoms with E-state index in [2.05, 4.69) is 4.90 Å². The van der Waals surface area contributed by atoms with Crippen LogP contribution in [0.5, 0.6) is 5.75 Å². The van der Waals surface area contributed by atoms with E-state index < -0.39 is 5.82 Å². The first kappa shape index (κ1) is 12.0. The number of aromatic hydroxyl groups is 1. The Morgan fingerprint density at radius 2 is 2.06 bits per heavy atom. The molecule has 1 aromatic rings. The normalized spacial score (nSPS) is 16.4. The van der Waals surface area contributed by atoms with Crippen LogP contribution in [0.1, 0.15) is 35.7 Å². The van der Waals surface area contributed by atoms with Crippen LogP contribution in [-0.4, -0.2) is 28.9 Å². The van der Waals surface area contributed by atoms with Crippen molar-refractivity contribution < 1.29 is 14.3 Å². The predicted octanol–water partition coefficient (Wildman–Crippen LogP) is 2.33. The highest BCUT2D eigenvalue weighted by molar-refractivity contribution is 5.97. The second-order valence-corrected chi connectivity index (χ2v) is 4.50. The topological polar surface area (TPSA) is 40.5 Å². The second-order valence-electron chi connectivity index (χ2n) is 4.50. The fraction of sp³-hybridized carbons (Fsp3) is 0.462. The molecule has 0 atom stereocenters. The van der Waals surface area contributed by atoms with Crippen molar-refractivity contribution in [2.24, 2.45) is 0 Å². The standard InChI is InChI=1S/C13H16FNO2/c1-9(16)12-7-11(14)6-10(13(12)17)8-15-4-2-3-5-15/h6-7,17H,2-5,8H2,1H3. The molecule has 1 saturated heterocycles. The van der Waals surface area contributed by atoms with Crippen LogP contribution in [0.4, 0.5) is 4.39 Å². The third-order valence-corrected chi connectivity index (χ3v) is 3.13. The van der Waals surface area contributed by atoms with Gasteiger partial charge < -0.3 is 5.11 Å². The van der Waals surface area contributed by atoms with Crippen molar-refractivity contribution in [3.05, 3.63) is 29.1 Å². The summed E-state index contributed by atoms with van der Waals surface area (Å²) in [7, 11) is 0. The van der Waals surface area contributed by atoms with E-state index in [0.717, 1.165) is 32.0 Å². The molecule has 1 fully saturated rings. The minimum atomic E-state index is -0.470. The van der Waals surface area contributed by atoms with Crippen molar-refractivity contribution in [1.29, 1.82) is 0 Å². The summed E-state index contributed by atoms with van der Waals surface area (Å²) in [6.45, 7) is 3.76. The molecule has 3 nitrogen and oxygen atoms in total. The summed E-state index contributed by atoms with van der Waals surface area (Å²) >= 11 is 0. The van der Waals surface area contributed by atoms with Gasteiger partial charge in [0.25, 0.3) is 0 Å². The third kappa shape index (κ3) is 2.64. The Kier molecular flexibility index (Phi) is 3.43. The molecule has 1 N–H and O–H groups in total. The van der Waals surface area contributed by atoms with E-state index >= 15 is 0 Å². The summed E-state index contributed by atoms with van der Waals surface area (Å²) in [6, 6.07) is 2.39. The molecule has 2 rings (SSSR count). The number of ketones is 1. The smallest absolute Gasteiger partial charge is 0.163 e. The summed E-state index contributed by atoms with van der Waals surface area (Å²) < 4.78 is 13.4. The van der Waals surface area contributed by atoms with Gasteiger partial charge in [-0.3, -0.25) is 9.69 Å². The Balaban J connectivity index is 2.29. The minimum absolute atomic E-state index is 0.0687. The third-order valence-electron chi connectivity index (χ3n) is 3.13. The molecule has 1 aliphatic heterocycles. The van der Waals surface area contributed by atoms with Gasteiger partial charge >= 0.3 is 0 Å². The van der Waals surface area contributed by atoms with Crippen LogP contribution in [0.25, 0.3) is 0 Å². The van der Waals surface area contributed by atoms with E-state index in [0.29, 0.717) is 12.1 Å². The number of carbonyl (C=O) groups is 1. The molecular formula is C13H16FNO2. The van der Waals surface area contributed by atoms with Gasteiger partial charge in [-0.25, -0.2) is 4.39 Å². The Bertz CT molecular complexity index is 439. The summed E-state index contributed by atoms with van der Waals surface area (Å²) in [5.74, 6) is -0.863. The molecule has 4 heteroatoms. The predicted molar refractivity (Wildman–Crippen MR) is 62.6 cm³/mol. The number of phenols is 1. The van der Waals surface area contributed by atoms with Gasteiger partial charge in [-0.1, -0.05) is 0 Å². The van der Waals surface area contributed by atoms with Crippen LogP contribution in [0.15, 0.2) is 12.1 Å². The molecule has 17 heavy (non-hydrogen) atoms. The molecule has 0 saturated carbocycles. The van der Waals surface area contributed by atoms with Crippen LogP contribution < -0.4 is 0 Å². The van der Waals surface area contributed by atoms with Crippen LogP contribution in [0.3, 0.4) is 0 Å². The summed E-state index contributed by atoms with van der Waals surface area (Å²) in [5, 5.41) is 9.93. The number of rotatable bonds is 3. The highest BCUT2D eigenvalue weighted by atomic mass is 19.1. The molecule has 0 amide bonds.